The number of carbonyl (C=O) groups excluding carboxylic acids is 2. The first kappa shape index (κ1) is 16.0. The van der Waals surface area contributed by atoms with Crippen LogP contribution in [0, 0.1) is 11.8 Å². The van der Waals surface area contributed by atoms with Gasteiger partial charge in [-0.25, -0.2) is 0 Å². The van der Waals surface area contributed by atoms with Crippen LogP contribution in [0.15, 0.2) is 0 Å². The largest absolute Gasteiger partial charge is 0.354 e. The van der Waals surface area contributed by atoms with E-state index in [-0.39, 0.29) is 17.9 Å². The normalized spacial score (nSPS) is 17.5. The lowest BCUT2D eigenvalue weighted by Crippen LogP contribution is -2.50. The van der Waals surface area contributed by atoms with E-state index in [1.54, 1.807) is 0 Å². The molecule has 1 rings (SSSR count). The molecule has 0 radical (unpaired) electrons. The Hall–Kier alpha value is -1.06. The van der Waals surface area contributed by atoms with Gasteiger partial charge in [0.1, 0.15) is 6.04 Å². The van der Waals surface area contributed by atoms with E-state index in [1.807, 2.05) is 0 Å². The maximum absolute atomic E-state index is 12.2. The van der Waals surface area contributed by atoms with Crippen molar-refractivity contribution in [2.45, 2.75) is 65.3 Å². The molecule has 1 aliphatic rings. The van der Waals surface area contributed by atoms with Crippen molar-refractivity contribution in [1.29, 1.82) is 0 Å². The summed E-state index contributed by atoms with van der Waals surface area (Å²) in [6.45, 7) is 6.55. The Morgan fingerprint density at radius 3 is 2.37 bits per heavy atom. The van der Waals surface area contributed by atoms with Crippen LogP contribution in [-0.2, 0) is 9.59 Å². The van der Waals surface area contributed by atoms with Gasteiger partial charge in [-0.3, -0.25) is 9.59 Å². The van der Waals surface area contributed by atoms with Crippen LogP contribution in [0.4, 0.5) is 0 Å². The van der Waals surface area contributed by atoms with Gasteiger partial charge in [-0.2, -0.15) is 0 Å². The third-order valence-corrected chi connectivity index (χ3v) is 3.77. The molecular formula is C15H28N2O2. The molecule has 2 amide bonds. The molecule has 1 unspecified atom stereocenters. The number of hydrogen-bond acceptors (Lipinski definition) is 2. The highest BCUT2D eigenvalue weighted by atomic mass is 16.2. The zero-order valence-corrected chi connectivity index (χ0v) is 12.5. The van der Waals surface area contributed by atoms with Gasteiger partial charge in [-0.15, -0.1) is 0 Å². The minimum Gasteiger partial charge on any atom is -0.354 e. The predicted octanol–water partition coefficient (Wildman–Crippen LogP) is 2.23. The predicted molar refractivity (Wildman–Crippen MR) is 76.6 cm³/mol. The lowest BCUT2D eigenvalue weighted by atomic mass is 9.97. The van der Waals surface area contributed by atoms with Gasteiger partial charge in [0.15, 0.2) is 0 Å². The second kappa shape index (κ2) is 8.18. The van der Waals surface area contributed by atoms with Crippen molar-refractivity contribution in [1.82, 2.24) is 10.6 Å². The van der Waals surface area contributed by atoms with E-state index in [1.165, 1.54) is 19.8 Å². The van der Waals surface area contributed by atoms with E-state index in [0.717, 1.165) is 25.7 Å². The molecule has 0 aromatic rings. The maximum atomic E-state index is 12.2. The van der Waals surface area contributed by atoms with Crippen molar-refractivity contribution in [2.24, 2.45) is 11.8 Å². The van der Waals surface area contributed by atoms with Crippen LogP contribution in [-0.4, -0.2) is 24.4 Å². The van der Waals surface area contributed by atoms with Gasteiger partial charge in [0.2, 0.25) is 11.8 Å². The van der Waals surface area contributed by atoms with Gasteiger partial charge in [-0.1, -0.05) is 26.7 Å². The molecule has 0 aliphatic heterocycles. The van der Waals surface area contributed by atoms with Crippen LogP contribution in [0.3, 0.4) is 0 Å². The summed E-state index contributed by atoms with van der Waals surface area (Å²) in [7, 11) is 0. The molecule has 19 heavy (non-hydrogen) atoms. The summed E-state index contributed by atoms with van der Waals surface area (Å²) in [5.74, 6) is 0.854. The summed E-state index contributed by atoms with van der Waals surface area (Å²) in [4.78, 5) is 23.4. The molecule has 2 N–H and O–H groups in total. The van der Waals surface area contributed by atoms with Crippen molar-refractivity contribution >= 4 is 11.8 Å². The van der Waals surface area contributed by atoms with Gasteiger partial charge < -0.3 is 10.6 Å². The third-order valence-electron chi connectivity index (χ3n) is 3.77. The molecule has 0 heterocycles. The maximum Gasteiger partial charge on any atom is 0.242 e. The third kappa shape index (κ3) is 6.08. The Morgan fingerprint density at radius 1 is 1.21 bits per heavy atom. The molecule has 110 valence electrons. The summed E-state index contributed by atoms with van der Waals surface area (Å²) in [6.07, 6.45) is 6.55. The van der Waals surface area contributed by atoms with Gasteiger partial charge >= 0.3 is 0 Å². The quantitative estimate of drug-likeness (QED) is 0.696. The zero-order chi connectivity index (χ0) is 14.3. The van der Waals surface area contributed by atoms with E-state index in [9.17, 15) is 9.59 Å². The van der Waals surface area contributed by atoms with Crippen LogP contribution in [0.1, 0.15) is 59.3 Å². The zero-order valence-electron chi connectivity index (χ0n) is 12.5. The summed E-state index contributed by atoms with van der Waals surface area (Å²) in [5.41, 5.74) is 0. The van der Waals surface area contributed by atoms with Crippen LogP contribution < -0.4 is 10.6 Å². The highest BCUT2D eigenvalue weighted by Gasteiger charge is 2.30. The molecule has 0 saturated heterocycles. The van der Waals surface area contributed by atoms with Crippen molar-refractivity contribution in [3.63, 3.8) is 0 Å². The van der Waals surface area contributed by atoms with E-state index in [4.69, 9.17) is 0 Å². The van der Waals surface area contributed by atoms with E-state index in [2.05, 4.69) is 24.5 Å². The molecule has 4 heteroatoms. The summed E-state index contributed by atoms with van der Waals surface area (Å²) >= 11 is 0. The molecular weight excluding hydrogens is 240 g/mol. The number of nitrogens with one attached hydrogen (secondary N) is 2. The van der Waals surface area contributed by atoms with Gasteiger partial charge in [0, 0.05) is 13.5 Å². The van der Waals surface area contributed by atoms with Crippen LogP contribution >= 0.6 is 0 Å². The summed E-state index contributed by atoms with van der Waals surface area (Å²) in [6, 6.07) is -0.334. The number of hydrogen-bond donors (Lipinski definition) is 2. The molecule has 0 bridgehead atoms. The monoisotopic (exact) mass is 268 g/mol. The number of rotatable bonds is 7. The Balaban J connectivity index is 2.40. The second-order valence-corrected chi connectivity index (χ2v) is 6.05. The van der Waals surface area contributed by atoms with Gasteiger partial charge in [-0.05, 0) is 37.5 Å². The molecule has 1 aliphatic carbocycles. The molecule has 1 saturated carbocycles. The molecule has 0 aromatic carbocycles. The topological polar surface area (TPSA) is 58.2 Å². The minimum absolute atomic E-state index is 0.00847. The first-order valence-electron chi connectivity index (χ1n) is 7.55. The average molecular weight is 268 g/mol. The van der Waals surface area contributed by atoms with E-state index >= 15 is 0 Å². The number of amides is 2. The molecule has 1 atom stereocenters. The smallest absolute Gasteiger partial charge is 0.242 e. The minimum atomic E-state index is -0.334. The van der Waals surface area contributed by atoms with Crippen molar-refractivity contribution in [3.8, 4) is 0 Å². The Kier molecular flexibility index (Phi) is 6.89. The number of carbonyl (C=O) groups is 2. The van der Waals surface area contributed by atoms with E-state index < -0.39 is 0 Å². The van der Waals surface area contributed by atoms with Crippen molar-refractivity contribution < 1.29 is 9.59 Å². The first-order valence-corrected chi connectivity index (χ1v) is 7.55. The van der Waals surface area contributed by atoms with Gasteiger partial charge in [0.05, 0.1) is 0 Å². The fourth-order valence-electron chi connectivity index (χ4n) is 2.74. The molecule has 0 aromatic heterocycles. The average Bonchev–Trinajstić information content (AvgIpc) is 2.84. The van der Waals surface area contributed by atoms with Crippen LogP contribution in [0.2, 0.25) is 0 Å². The lowest BCUT2D eigenvalue weighted by molar-refractivity contribution is -0.129. The Bertz CT molecular complexity index is 297. The lowest BCUT2D eigenvalue weighted by Gasteiger charge is -2.23. The fraction of sp³-hybridized carbons (Fsp3) is 0.867. The fourth-order valence-corrected chi connectivity index (χ4v) is 2.74. The summed E-state index contributed by atoms with van der Waals surface area (Å²) < 4.78 is 0. The van der Waals surface area contributed by atoms with Crippen molar-refractivity contribution in [3.05, 3.63) is 0 Å². The van der Waals surface area contributed by atoms with Gasteiger partial charge in [0.25, 0.3) is 0 Å². The van der Waals surface area contributed by atoms with Crippen LogP contribution in [0.25, 0.3) is 0 Å². The standard InChI is InChI=1S/C15H28N2O2/c1-11(2)7-6-10-16-15(19)14(17-12(3)18)13-8-4-5-9-13/h11,13-14H,4-10H2,1-3H3,(H,16,19)(H,17,18). The Morgan fingerprint density at radius 2 is 1.84 bits per heavy atom. The first-order chi connectivity index (χ1) is 9.00. The summed E-state index contributed by atoms with van der Waals surface area (Å²) in [5, 5.41) is 5.79. The molecule has 1 fully saturated rings. The van der Waals surface area contributed by atoms with E-state index in [0.29, 0.717) is 18.4 Å². The Labute approximate surface area is 116 Å². The van der Waals surface area contributed by atoms with Crippen LogP contribution in [0.5, 0.6) is 0 Å². The molecule has 0 spiro atoms. The molecule has 4 nitrogen and oxygen atoms in total. The second-order valence-electron chi connectivity index (χ2n) is 6.05. The highest BCUT2D eigenvalue weighted by molar-refractivity contribution is 5.87. The highest BCUT2D eigenvalue weighted by Crippen LogP contribution is 2.27. The van der Waals surface area contributed by atoms with Crippen molar-refractivity contribution in [2.75, 3.05) is 6.54 Å². The SMILES string of the molecule is CC(=O)NC(C(=O)NCCCC(C)C)C1CCCC1.